The molecule has 1 saturated carbocycles. The maximum atomic E-state index is 13.9. The molecule has 0 radical (unpaired) electrons. The molecule has 0 bridgehead atoms. The standard InChI is InChI=1S/C17H24FNO/c1-12-6-5-9-17(10-12)11-20-16(13(2)19-17)14-7-3-4-8-15(14)18/h3-4,7-8,12-13,16,19H,5-6,9-11H2,1-2H3. The van der Waals surface area contributed by atoms with Gasteiger partial charge in [-0.15, -0.1) is 0 Å². The first-order valence-electron chi connectivity index (χ1n) is 7.73. The molecule has 2 fully saturated rings. The van der Waals surface area contributed by atoms with E-state index in [0.717, 1.165) is 5.92 Å². The van der Waals surface area contributed by atoms with Crippen LogP contribution in [0, 0.1) is 11.7 Å². The summed E-state index contributed by atoms with van der Waals surface area (Å²) in [4.78, 5) is 0. The summed E-state index contributed by atoms with van der Waals surface area (Å²) in [6, 6.07) is 7.09. The molecule has 1 spiro atoms. The van der Waals surface area contributed by atoms with Crippen LogP contribution < -0.4 is 5.32 Å². The van der Waals surface area contributed by atoms with Gasteiger partial charge in [0.15, 0.2) is 0 Å². The molecule has 2 aliphatic rings. The van der Waals surface area contributed by atoms with Gasteiger partial charge in [-0.3, -0.25) is 0 Å². The monoisotopic (exact) mass is 277 g/mol. The lowest BCUT2D eigenvalue weighted by molar-refractivity contribution is -0.0779. The zero-order chi connectivity index (χ0) is 14.2. The number of halogens is 1. The van der Waals surface area contributed by atoms with Crippen LogP contribution in [0.25, 0.3) is 0 Å². The van der Waals surface area contributed by atoms with E-state index >= 15 is 0 Å². The largest absolute Gasteiger partial charge is 0.370 e. The summed E-state index contributed by atoms with van der Waals surface area (Å²) in [7, 11) is 0. The van der Waals surface area contributed by atoms with Crippen molar-refractivity contribution < 1.29 is 9.13 Å². The number of nitrogens with one attached hydrogen (secondary N) is 1. The Balaban J connectivity index is 1.76. The lowest BCUT2D eigenvalue weighted by atomic mass is 9.75. The Hall–Kier alpha value is -0.930. The molecule has 1 aromatic carbocycles. The molecule has 4 atom stereocenters. The number of hydrogen-bond donors (Lipinski definition) is 1. The van der Waals surface area contributed by atoms with Crippen LogP contribution in [0.2, 0.25) is 0 Å². The smallest absolute Gasteiger partial charge is 0.129 e. The van der Waals surface area contributed by atoms with E-state index in [0.29, 0.717) is 12.2 Å². The van der Waals surface area contributed by atoms with Crippen molar-refractivity contribution in [2.45, 2.75) is 57.2 Å². The third-order valence-corrected chi connectivity index (χ3v) is 4.83. The Kier molecular flexibility index (Phi) is 3.83. The molecule has 1 aliphatic heterocycles. The van der Waals surface area contributed by atoms with Crippen LogP contribution in [-0.2, 0) is 4.74 Å². The van der Waals surface area contributed by atoms with Crippen LogP contribution in [0.1, 0.15) is 51.2 Å². The molecular formula is C17H24FNO. The van der Waals surface area contributed by atoms with Crippen molar-refractivity contribution in [3.8, 4) is 0 Å². The van der Waals surface area contributed by atoms with Crippen molar-refractivity contribution in [3.05, 3.63) is 35.6 Å². The zero-order valence-corrected chi connectivity index (χ0v) is 12.4. The number of morpholine rings is 1. The molecule has 20 heavy (non-hydrogen) atoms. The lowest BCUT2D eigenvalue weighted by Gasteiger charge is -2.48. The van der Waals surface area contributed by atoms with Gasteiger partial charge in [-0.05, 0) is 31.7 Å². The van der Waals surface area contributed by atoms with Crippen molar-refractivity contribution in [3.63, 3.8) is 0 Å². The van der Waals surface area contributed by atoms with E-state index in [1.807, 2.05) is 12.1 Å². The van der Waals surface area contributed by atoms with Gasteiger partial charge in [0, 0.05) is 17.1 Å². The molecule has 1 aromatic rings. The highest BCUT2D eigenvalue weighted by Crippen LogP contribution is 2.38. The summed E-state index contributed by atoms with van der Waals surface area (Å²) in [6.07, 6.45) is 4.73. The van der Waals surface area contributed by atoms with Crippen molar-refractivity contribution >= 4 is 0 Å². The molecule has 1 heterocycles. The summed E-state index contributed by atoms with van der Waals surface area (Å²) >= 11 is 0. The first-order valence-corrected chi connectivity index (χ1v) is 7.73. The molecule has 3 heteroatoms. The van der Waals surface area contributed by atoms with E-state index in [-0.39, 0.29) is 23.5 Å². The van der Waals surface area contributed by atoms with Gasteiger partial charge in [0.1, 0.15) is 11.9 Å². The van der Waals surface area contributed by atoms with Crippen molar-refractivity contribution in [1.29, 1.82) is 0 Å². The molecule has 1 N–H and O–H groups in total. The van der Waals surface area contributed by atoms with Crippen LogP contribution in [0.15, 0.2) is 24.3 Å². The van der Waals surface area contributed by atoms with Crippen molar-refractivity contribution in [2.24, 2.45) is 5.92 Å². The number of hydrogen-bond acceptors (Lipinski definition) is 2. The number of ether oxygens (including phenoxy) is 1. The zero-order valence-electron chi connectivity index (χ0n) is 12.4. The second-order valence-corrected chi connectivity index (χ2v) is 6.67. The van der Waals surface area contributed by atoms with E-state index in [9.17, 15) is 4.39 Å². The normalized spacial score (nSPS) is 38.0. The Morgan fingerprint density at radius 1 is 1.30 bits per heavy atom. The average molecular weight is 277 g/mol. The van der Waals surface area contributed by atoms with Gasteiger partial charge in [-0.2, -0.15) is 0 Å². The predicted octanol–water partition coefficient (Wildman–Crippen LogP) is 3.82. The fourth-order valence-corrected chi connectivity index (χ4v) is 3.98. The van der Waals surface area contributed by atoms with Crippen molar-refractivity contribution in [1.82, 2.24) is 5.32 Å². The highest BCUT2D eigenvalue weighted by Gasteiger charge is 2.42. The number of benzene rings is 1. The van der Waals surface area contributed by atoms with Gasteiger partial charge in [0.2, 0.25) is 0 Å². The first kappa shape index (κ1) is 14.0. The van der Waals surface area contributed by atoms with E-state index in [1.54, 1.807) is 6.07 Å². The second-order valence-electron chi connectivity index (χ2n) is 6.67. The van der Waals surface area contributed by atoms with Gasteiger partial charge < -0.3 is 10.1 Å². The molecule has 1 aliphatic carbocycles. The van der Waals surface area contributed by atoms with Gasteiger partial charge in [0.05, 0.1) is 6.61 Å². The summed E-state index contributed by atoms with van der Waals surface area (Å²) < 4.78 is 20.0. The highest BCUT2D eigenvalue weighted by molar-refractivity contribution is 5.22. The Labute approximate surface area is 120 Å². The molecular weight excluding hydrogens is 253 g/mol. The van der Waals surface area contributed by atoms with E-state index in [4.69, 9.17) is 4.74 Å². The van der Waals surface area contributed by atoms with Crippen LogP contribution in [0.5, 0.6) is 0 Å². The highest BCUT2D eigenvalue weighted by atomic mass is 19.1. The summed E-state index contributed by atoms with van der Waals surface area (Å²) in [5.41, 5.74) is 0.782. The van der Waals surface area contributed by atoms with Crippen LogP contribution in [-0.4, -0.2) is 18.2 Å². The minimum absolute atomic E-state index is 0.110. The van der Waals surface area contributed by atoms with Crippen molar-refractivity contribution in [2.75, 3.05) is 6.61 Å². The van der Waals surface area contributed by atoms with Gasteiger partial charge in [-0.25, -0.2) is 4.39 Å². The summed E-state index contributed by atoms with van der Waals surface area (Å²) in [5, 5.41) is 3.75. The van der Waals surface area contributed by atoms with Gasteiger partial charge in [-0.1, -0.05) is 38.0 Å². The first-order chi connectivity index (χ1) is 9.60. The van der Waals surface area contributed by atoms with E-state index in [1.165, 1.54) is 31.7 Å². The van der Waals surface area contributed by atoms with E-state index in [2.05, 4.69) is 19.2 Å². The van der Waals surface area contributed by atoms with E-state index < -0.39 is 0 Å². The third kappa shape index (κ3) is 2.61. The molecule has 0 aromatic heterocycles. The van der Waals surface area contributed by atoms with Gasteiger partial charge in [0.25, 0.3) is 0 Å². The minimum atomic E-state index is -0.181. The van der Waals surface area contributed by atoms with Crippen LogP contribution in [0.4, 0.5) is 4.39 Å². The van der Waals surface area contributed by atoms with Crippen LogP contribution in [0.3, 0.4) is 0 Å². The second kappa shape index (κ2) is 5.45. The average Bonchev–Trinajstić information content (AvgIpc) is 2.40. The molecule has 4 unspecified atom stereocenters. The Bertz CT molecular complexity index is 478. The lowest BCUT2D eigenvalue weighted by Crippen LogP contribution is -2.60. The molecule has 2 nitrogen and oxygen atoms in total. The molecule has 1 saturated heterocycles. The maximum Gasteiger partial charge on any atom is 0.129 e. The quantitative estimate of drug-likeness (QED) is 0.842. The summed E-state index contributed by atoms with van der Waals surface area (Å²) in [6.45, 7) is 5.12. The Morgan fingerprint density at radius 3 is 2.80 bits per heavy atom. The molecule has 110 valence electrons. The minimum Gasteiger partial charge on any atom is -0.370 e. The molecule has 3 rings (SSSR count). The fraction of sp³-hybridized carbons (Fsp3) is 0.647. The molecule has 0 amide bonds. The SMILES string of the molecule is CC1CCCC2(COC(c3ccccc3F)C(C)N2)C1. The fourth-order valence-electron chi connectivity index (χ4n) is 3.98. The summed E-state index contributed by atoms with van der Waals surface area (Å²) in [5.74, 6) is 0.580. The third-order valence-electron chi connectivity index (χ3n) is 4.83. The predicted molar refractivity (Wildman–Crippen MR) is 78.1 cm³/mol. The van der Waals surface area contributed by atoms with Gasteiger partial charge >= 0.3 is 0 Å². The Morgan fingerprint density at radius 2 is 2.10 bits per heavy atom. The van der Waals surface area contributed by atoms with Crippen LogP contribution >= 0.6 is 0 Å². The topological polar surface area (TPSA) is 21.3 Å². The number of rotatable bonds is 1. The maximum absolute atomic E-state index is 13.9.